The molecule has 0 fully saturated rings. The molecule has 0 atom stereocenters. The fourth-order valence-corrected chi connectivity index (χ4v) is 5.53. The van der Waals surface area contributed by atoms with Crippen LogP contribution in [0.2, 0.25) is 0 Å². The van der Waals surface area contributed by atoms with Crippen LogP contribution in [-0.4, -0.2) is 21.2 Å². The number of aryl methyl sites for hydroxylation is 2. The number of aromatic hydroxyl groups is 2. The topological polar surface area (TPSA) is 103 Å². The molecule has 0 aliphatic rings. The summed E-state index contributed by atoms with van der Waals surface area (Å²) in [5.74, 6) is 0.806. The molecule has 211 valence electrons. The molecule has 6 N–H and O–H groups in total. The van der Waals surface area contributed by atoms with Gasteiger partial charge in [-0.25, -0.2) is 0 Å². The second-order valence-corrected chi connectivity index (χ2v) is 10.7. The van der Waals surface area contributed by atoms with E-state index in [1.807, 2.05) is 36.4 Å². The van der Waals surface area contributed by atoms with Gasteiger partial charge < -0.3 is 11.0 Å². The molecule has 0 aliphatic carbocycles. The van der Waals surface area contributed by atoms with Gasteiger partial charge in [0.15, 0.2) is 0 Å². The summed E-state index contributed by atoms with van der Waals surface area (Å²) in [5.41, 5.74) is 2.07. The maximum absolute atomic E-state index is 10.9. The van der Waals surface area contributed by atoms with Crippen LogP contribution in [0.4, 0.5) is 0 Å². The Kier molecular flexibility index (Phi) is 23.0. The van der Waals surface area contributed by atoms with Crippen molar-refractivity contribution in [2.75, 3.05) is 0 Å². The first kappa shape index (κ1) is 36.6. The van der Waals surface area contributed by atoms with Gasteiger partial charge in [0.1, 0.15) is 0 Å². The molecule has 0 heterocycles. The summed E-state index contributed by atoms with van der Waals surface area (Å²) < 4.78 is 1.77. The Labute approximate surface area is 227 Å². The normalized spacial score (nSPS) is 10.4. The van der Waals surface area contributed by atoms with Gasteiger partial charge in [-0.15, -0.1) is 0 Å². The zero-order chi connectivity index (χ0) is 23.7. The molecule has 0 bridgehead atoms. The average Bonchev–Trinajstić information content (AvgIpc) is 2.82. The van der Waals surface area contributed by atoms with E-state index in [2.05, 4.69) is 13.8 Å². The number of phenols is 2. The molecular formula is C31H54CoO4. The van der Waals surface area contributed by atoms with Crippen molar-refractivity contribution in [3.05, 3.63) is 47.5 Å². The number of para-hydroxylation sites is 2. The largest absolute Gasteiger partial charge is 0.412 e. The van der Waals surface area contributed by atoms with Crippen LogP contribution in [0.25, 0.3) is 0 Å². The Bertz CT molecular complexity index is 729. The van der Waals surface area contributed by atoms with Gasteiger partial charge in [-0.1, -0.05) is 7.43 Å². The number of phenolic OH excluding ortho intramolecular Hbond substituents is 2. The van der Waals surface area contributed by atoms with Gasteiger partial charge in [0.2, 0.25) is 0 Å². The first-order chi connectivity index (χ1) is 16.2. The molecule has 36 heavy (non-hydrogen) atoms. The zero-order valence-electron chi connectivity index (χ0n) is 22.0. The van der Waals surface area contributed by atoms with Crippen LogP contribution < -0.4 is 9.00 Å². The van der Waals surface area contributed by atoms with E-state index in [1.165, 1.54) is 77.0 Å². The molecule has 0 radical (unpaired) electrons. The van der Waals surface area contributed by atoms with Crippen molar-refractivity contribution in [3.8, 4) is 11.5 Å². The monoisotopic (exact) mass is 549 g/mol. The van der Waals surface area contributed by atoms with Crippen molar-refractivity contribution < 1.29 is 35.9 Å². The number of unbranched alkanes of at least 4 members (excludes halogenated alkanes) is 12. The molecule has 0 unspecified atom stereocenters. The van der Waals surface area contributed by atoms with E-state index < -0.39 is 0 Å². The average molecular weight is 550 g/mol. The summed E-state index contributed by atoms with van der Waals surface area (Å²) in [6, 6.07) is 12.1. The zero-order valence-corrected chi connectivity index (χ0v) is 23.0. The second-order valence-electron chi connectivity index (χ2n) is 9.27. The molecule has 0 amide bonds. The summed E-state index contributed by atoms with van der Waals surface area (Å²) in [6.45, 7) is 4.50. The molecule has 2 aromatic carbocycles. The van der Waals surface area contributed by atoms with E-state index in [0.29, 0.717) is 11.5 Å². The minimum atomic E-state index is 0. The first-order valence-corrected chi connectivity index (χ1v) is 14.4. The summed E-state index contributed by atoms with van der Waals surface area (Å²) in [6.07, 6.45) is 19.7. The van der Waals surface area contributed by atoms with Crippen LogP contribution in [0.5, 0.6) is 11.5 Å². The molecule has 4 nitrogen and oxygen atoms in total. The van der Waals surface area contributed by atoms with E-state index in [0.717, 1.165) is 60.5 Å². The minimum absolute atomic E-state index is 0. The van der Waals surface area contributed by atoms with E-state index in [-0.39, 0.29) is 18.4 Å². The fourth-order valence-electron chi connectivity index (χ4n) is 4.28. The van der Waals surface area contributed by atoms with E-state index in [1.54, 1.807) is 0 Å². The van der Waals surface area contributed by atoms with Gasteiger partial charge in [-0.2, -0.15) is 0 Å². The van der Waals surface area contributed by atoms with Gasteiger partial charge in [-0.05, 0) is 0 Å². The number of hydrogen-bond donors (Lipinski definition) is 2. The number of hydrogen-bond acceptors (Lipinski definition) is 2. The van der Waals surface area contributed by atoms with Crippen molar-refractivity contribution in [3.63, 3.8) is 0 Å². The van der Waals surface area contributed by atoms with E-state index in [9.17, 15) is 10.2 Å². The number of rotatable bonds is 18. The molecule has 2 aromatic rings. The Morgan fingerprint density at radius 3 is 1.22 bits per heavy atom. The van der Waals surface area contributed by atoms with Gasteiger partial charge in [0.05, 0.1) is 0 Å². The molecule has 0 aliphatic heterocycles. The molecular weight excluding hydrogens is 495 g/mol. The van der Waals surface area contributed by atoms with Crippen LogP contribution in [0.1, 0.15) is 122 Å². The Balaban J connectivity index is 0. The maximum Gasteiger partial charge on any atom is -0.412 e. The Hall–Kier alpha value is -1.53. The smallest absolute Gasteiger partial charge is 0.412 e. The predicted molar refractivity (Wildman–Crippen MR) is 153 cm³/mol. The van der Waals surface area contributed by atoms with Crippen LogP contribution >= 0.6 is 0 Å². The van der Waals surface area contributed by atoms with Crippen molar-refractivity contribution in [2.24, 2.45) is 0 Å². The van der Waals surface area contributed by atoms with Gasteiger partial charge in [-0.3, -0.25) is 0 Å². The first-order valence-electron chi connectivity index (χ1n) is 13.4. The van der Waals surface area contributed by atoms with Crippen LogP contribution in [0.3, 0.4) is 0 Å². The molecule has 2 rings (SSSR count). The SMILES string of the molecule is C.CCCCCCCCCc1ccc[c]([Co][c]2cccc(CCCCCCCCC)c2O)c1O.O.O. The molecule has 0 aromatic heterocycles. The summed E-state index contributed by atoms with van der Waals surface area (Å²) >= 11 is 0.914. The second kappa shape index (κ2) is 22.6. The fraction of sp³-hybridized carbons (Fsp3) is 0.613. The van der Waals surface area contributed by atoms with Crippen molar-refractivity contribution in [2.45, 2.75) is 124 Å². The van der Waals surface area contributed by atoms with Crippen molar-refractivity contribution in [1.82, 2.24) is 0 Å². The quantitative estimate of drug-likeness (QED) is 0.202. The van der Waals surface area contributed by atoms with E-state index in [4.69, 9.17) is 0 Å². The van der Waals surface area contributed by atoms with Gasteiger partial charge in [0, 0.05) is 0 Å². The summed E-state index contributed by atoms with van der Waals surface area (Å²) in [5, 5.41) is 21.7. The van der Waals surface area contributed by atoms with E-state index >= 15 is 0 Å². The minimum Gasteiger partial charge on any atom is -0.412 e. The number of benzene rings is 2. The third-order valence-corrected chi connectivity index (χ3v) is 7.78. The van der Waals surface area contributed by atoms with Crippen molar-refractivity contribution >= 4 is 9.00 Å². The van der Waals surface area contributed by atoms with Crippen molar-refractivity contribution in [1.29, 1.82) is 0 Å². The Morgan fingerprint density at radius 1 is 0.528 bits per heavy atom. The van der Waals surface area contributed by atoms with Crippen LogP contribution in [0.15, 0.2) is 36.4 Å². The summed E-state index contributed by atoms with van der Waals surface area (Å²) in [7, 11) is 0. The van der Waals surface area contributed by atoms with Crippen LogP contribution in [0, 0.1) is 0 Å². The van der Waals surface area contributed by atoms with Gasteiger partial charge in [0.25, 0.3) is 0 Å². The molecule has 0 saturated carbocycles. The maximum atomic E-state index is 10.9. The third-order valence-electron chi connectivity index (χ3n) is 6.38. The van der Waals surface area contributed by atoms with Gasteiger partial charge >= 0.3 is 210 Å². The van der Waals surface area contributed by atoms with Crippen LogP contribution in [-0.2, 0) is 27.5 Å². The molecule has 0 spiro atoms. The third kappa shape index (κ3) is 13.7. The summed E-state index contributed by atoms with van der Waals surface area (Å²) in [4.78, 5) is 0. The standard InChI is InChI=1S/2C15H23O.CH4.Co.2H2O/c2*1-2-3-4-5-6-7-8-11-14-12-9-10-13-15(14)16;;;;/h2*9-10,12,16H,2-8,11H2,1H3;1H4;;2*1H2. The Morgan fingerprint density at radius 2 is 0.861 bits per heavy atom. The predicted octanol–water partition coefficient (Wildman–Crippen LogP) is 6.70. The molecule has 0 saturated heterocycles. The molecule has 5 heteroatoms.